The molecule has 1 aromatic carbocycles. The topological polar surface area (TPSA) is 89.7 Å². The first-order valence-electron chi connectivity index (χ1n) is 5.05. The first-order chi connectivity index (χ1) is 8.86. The second kappa shape index (κ2) is 4.30. The van der Waals surface area contributed by atoms with E-state index < -0.39 is 22.9 Å². The maximum atomic E-state index is 12.9. The molecule has 100 valence electrons. The van der Waals surface area contributed by atoms with Gasteiger partial charge in [0.1, 0.15) is 5.75 Å². The highest BCUT2D eigenvalue weighted by Crippen LogP contribution is 2.36. The van der Waals surface area contributed by atoms with Crippen molar-refractivity contribution in [2.75, 3.05) is 0 Å². The van der Waals surface area contributed by atoms with Crippen LogP contribution in [0, 0.1) is 10.1 Å². The van der Waals surface area contributed by atoms with Gasteiger partial charge < -0.3 is 9.84 Å². The number of aliphatic carboxylic acids is 1. The number of hydrogen-bond acceptors (Lipinski definition) is 4. The molecule has 0 spiro atoms. The molecule has 0 fully saturated rings. The Morgan fingerprint density at radius 2 is 2.16 bits per heavy atom. The molecule has 6 nitrogen and oxygen atoms in total. The smallest absolute Gasteiger partial charge is 0.358 e. The van der Waals surface area contributed by atoms with E-state index in [0.29, 0.717) is 6.08 Å². The largest absolute Gasteiger partial charge is 0.478 e. The van der Waals surface area contributed by atoms with Crippen molar-refractivity contribution in [2.24, 2.45) is 0 Å². The number of halogens is 2. The second-order valence-corrected chi connectivity index (χ2v) is 3.81. The minimum absolute atomic E-state index is 0.143. The molecule has 2 rings (SSSR count). The lowest BCUT2D eigenvalue weighted by atomic mass is 9.98. The molecule has 0 bridgehead atoms. The van der Waals surface area contributed by atoms with Gasteiger partial charge in [0, 0.05) is 17.7 Å². The molecule has 0 amide bonds. The number of rotatable bonds is 3. The van der Waals surface area contributed by atoms with Crippen molar-refractivity contribution in [3.05, 3.63) is 40.0 Å². The van der Waals surface area contributed by atoms with E-state index in [0.717, 1.165) is 24.3 Å². The van der Waals surface area contributed by atoms with Gasteiger partial charge in [0.15, 0.2) is 0 Å². The van der Waals surface area contributed by atoms with E-state index in [-0.39, 0.29) is 17.0 Å². The van der Waals surface area contributed by atoms with Gasteiger partial charge in [0.25, 0.3) is 17.7 Å². The van der Waals surface area contributed by atoms with Gasteiger partial charge in [-0.3, -0.25) is 10.1 Å². The SMILES string of the molecule is O=C(O)C1(C(F)F)C=Cc2cc([N+](=O)[O-])ccc2O1. The predicted molar refractivity (Wildman–Crippen MR) is 59.1 cm³/mol. The average Bonchev–Trinajstić information content (AvgIpc) is 2.36. The highest BCUT2D eigenvalue weighted by molar-refractivity contribution is 5.85. The van der Waals surface area contributed by atoms with E-state index in [1.54, 1.807) is 0 Å². The molecule has 1 N–H and O–H groups in total. The summed E-state index contributed by atoms with van der Waals surface area (Å²) in [7, 11) is 0. The van der Waals surface area contributed by atoms with Gasteiger partial charge in [0.2, 0.25) is 0 Å². The number of fused-ring (bicyclic) bond motifs is 1. The molecule has 0 saturated heterocycles. The minimum Gasteiger partial charge on any atom is -0.478 e. The molecule has 1 aromatic rings. The van der Waals surface area contributed by atoms with Crippen LogP contribution in [0.25, 0.3) is 6.08 Å². The molecule has 0 aromatic heterocycles. The number of alkyl halides is 2. The highest BCUT2D eigenvalue weighted by atomic mass is 19.3. The Kier molecular flexibility index (Phi) is 2.93. The van der Waals surface area contributed by atoms with Crippen LogP contribution in [0.3, 0.4) is 0 Å². The third-order valence-corrected chi connectivity index (χ3v) is 2.65. The lowest BCUT2D eigenvalue weighted by Gasteiger charge is -2.30. The molecular formula is C11H7F2NO5. The molecule has 0 saturated carbocycles. The van der Waals surface area contributed by atoms with Gasteiger partial charge in [-0.25, -0.2) is 13.6 Å². The van der Waals surface area contributed by atoms with Gasteiger partial charge in [-0.1, -0.05) is 6.08 Å². The maximum Gasteiger partial charge on any atom is 0.358 e. The fraction of sp³-hybridized carbons (Fsp3) is 0.182. The van der Waals surface area contributed by atoms with Gasteiger partial charge >= 0.3 is 5.97 Å². The predicted octanol–water partition coefficient (Wildman–Crippen LogP) is 2.09. The summed E-state index contributed by atoms with van der Waals surface area (Å²) in [5.74, 6) is -1.97. The summed E-state index contributed by atoms with van der Waals surface area (Å²) in [5.41, 5.74) is -2.83. The number of nitro benzene ring substituents is 1. The molecule has 8 heteroatoms. The van der Waals surface area contributed by atoms with Crippen molar-refractivity contribution in [1.29, 1.82) is 0 Å². The first kappa shape index (κ1) is 12.9. The number of carboxylic acids is 1. The number of ether oxygens (including phenoxy) is 1. The van der Waals surface area contributed by atoms with Crippen LogP contribution >= 0.6 is 0 Å². The van der Waals surface area contributed by atoms with Crippen LogP contribution in [0.5, 0.6) is 5.75 Å². The van der Waals surface area contributed by atoms with Crippen molar-refractivity contribution in [3.8, 4) is 5.75 Å². The number of carboxylic acid groups (broad SMARTS) is 1. The third kappa shape index (κ3) is 2.01. The third-order valence-electron chi connectivity index (χ3n) is 2.65. The van der Waals surface area contributed by atoms with Crippen molar-refractivity contribution in [3.63, 3.8) is 0 Å². The molecule has 1 unspecified atom stereocenters. The summed E-state index contributed by atoms with van der Waals surface area (Å²) in [6.45, 7) is 0. The van der Waals surface area contributed by atoms with E-state index >= 15 is 0 Å². The Morgan fingerprint density at radius 1 is 1.47 bits per heavy atom. The Bertz CT molecular complexity index is 586. The quantitative estimate of drug-likeness (QED) is 0.671. The van der Waals surface area contributed by atoms with E-state index in [1.165, 1.54) is 0 Å². The van der Waals surface area contributed by atoms with Crippen molar-refractivity contribution in [1.82, 2.24) is 0 Å². The molecule has 0 radical (unpaired) electrons. The maximum absolute atomic E-state index is 12.9. The Balaban J connectivity index is 2.47. The standard InChI is InChI=1S/C11H7F2NO5/c12-9(13)11(10(15)16)4-3-6-5-7(14(17)18)1-2-8(6)19-11/h1-5,9H,(H,15,16). The van der Waals surface area contributed by atoms with Crippen LogP contribution in [0.1, 0.15) is 5.56 Å². The molecule has 1 heterocycles. The Morgan fingerprint density at radius 3 is 2.68 bits per heavy atom. The summed E-state index contributed by atoms with van der Waals surface area (Å²) in [6.07, 6.45) is -1.51. The van der Waals surface area contributed by atoms with Crippen LogP contribution in [-0.2, 0) is 4.79 Å². The summed E-state index contributed by atoms with van der Waals surface area (Å²) >= 11 is 0. The van der Waals surface area contributed by atoms with Crippen LogP contribution in [-0.4, -0.2) is 28.0 Å². The Labute approximate surface area is 105 Å². The van der Waals surface area contributed by atoms with E-state index in [2.05, 4.69) is 0 Å². The zero-order chi connectivity index (χ0) is 14.2. The number of hydrogen-bond donors (Lipinski definition) is 1. The lowest BCUT2D eigenvalue weighted by molar-refractivity contribution is -0.384. The number of benzene rings is 1. The molecule has 1 aliphatic heterocycles. The number of non-ortho nitro benzene ring substituents is 1. The summed E-state index contributed by atoms with van der Waals surface area (Å²) in [5, 5.41) is 19.4. The second-order valence-electron chi connectivity index (χ2n) is 3.81. The number of nitrogens with zero attached hydrogens (tertiary/aromatic N) is 1. The van der Waals surface area contributed by atoms with E-state index in [4.69, 9.17) is 9.84 Å². The van der Waals surface area contributed by atoms with Gasteiger partial charge in [-0.2, -0.15) is 0 Å². The highest BCUT2D eigenvalue weighted by Gasteiger charge is 2.50. The van der Waals surface area contributed by atoms with Crippen LogP contribution in [0.15, 0.2) is 24.3 Å². The summed E-state index contributed by atoms with van der Waals surface area (Å²) in [4.78, 5) is 20.8. The molecule has 0 aliphatic carbocycles. The molecule has 19 heavy (non-hydrogen) atoms. The van der Waals surface area contributed by atoms with Gasteiger partial charge in [-0.15, -0.1) is 0 Å². The summed E-state index contributed by atoms with van der Waals surface area (Å²) < 4.78 is 30.5. The van der Waals surface area contributed by atoms with Crippen molar-refractivity contribution in [2.45, 2.75) is 12.0 Å². The van der Waals surface area contributed by atoms with Gasteiger partial charge in [0.05, 0.1) is 4.92 Å². The average molecular weight is 271 g/mol. The summed E-state index contributed by atoms with van der Waals surface area (Å²) in [6, 6.07) is 3.26. The van der Waals surface area contributed by atoms with E-state index in [9.17, 15) is 23.7 Å². The molecular weight excluding hydrogens is 264 g/mol. The van der Waals surface area contributed by atoms with Crippen molar-refractivity contribution >= 4 is 17.7 Å². The number of carbonyl (C=O) groups is 1. The van der Waals surface area contributed by atoms with Crippen LogP contribution in [0.4, 0.5) is 14.5 Å². The molecule has 1 aliphatic rings. The zero-order valence-electron chi connectivity index (χ0n) is 9.25. The number of nitro groups is 1. The zero-order valence-corrected chi connectivity index (χ0v) is 9.25. The normalized spacial score (nSPS) is 20.8. The minimum atomic E-state index is -3.27. The van der Waals surface area contributed by atoms with Crippen LogP contribution in [0.2, 0.25) is 0 Å². The van der Waals surface area contributed by atoms with Gasteiger partial charge in [-0.05, 0) is 12.1 Å². The fourth-order valence-electron chi connectivity index (χ4n) is 1.63. The Hall–Kier alpha value is -2.51. The molecule has 1 atom stereocenters. The monoisotopic (exact) mass is 271 g/mol. The fourth-order valence-corrected chi connectivity index (χ4v) is 1.63. The van der Waals surface area contributed by atoms with Crippen LogP contribution < -0.4 is 4.74 Å². The first-order valence-corrected chi connectivity index (χ1v) is 5.05. The lowest BCUT2D eigenvalue weighted by Crippen LogP contribution is -2.50. The van der Waals surface area contributed by atoms with Crippen molar-refractivity contribution < 1.29 is 28.3 Å². The van der Waals surface area contributed by atoms with E-state index in [1.807, 2.05) is 0 Å².